The van der Waals surface area contributed by atoms with Crippen LogP contribution in [0.2, 0.25) is 0 Å². The van der Waals surface area contributed by atoms with Crippen molar-refractivity contribution in [2.24, 2.45) is 0 Å². The molecule has 1 aliphatic heterocycles. The van der Waals surface area contributed by atoms with E-state index in [1.165, 1.54) is 6.07 Å². The molecule has 1 aliphatic rings. The number of rotatable bonds is 2. The Bertz CT molecular complexity index is 488. The Kier molecular flexibility index (Phi) is 3.60. The minimum Gasteiger partial charge on any atom is -0.367 e. The van der Waals surface area contributed by atoms with Crippen molar-refractivity contribution in [1.29, 1.82) is 0 Å². The maximum Gasteiger partial charge on any atom is 0.273 e. The summed E-state index contributed by atoms with van der Waals surface area (Å²) in [4.78, 5) is 22.8. The summed E-state index contributed by atoms with van der Waals surface area (Å²) in [6, 6.07) is 2.17. The van der Waals surface area contributed by atoms with E-state index in [0.717, 1.165) is 6.07 Å². The molecule has 0 N–H and O–H groups in total. The Labute approximate surface area is 111 Å². The highest BCUT2D eigenvalue weighted by atomic mass is 79.9. The summed E-state index contributed by atoms with van der Waals surface area (Å²) in [6.07, 6.45) is 0.756. The first-order valence-electron chi connectivity index (χ1n) is 5.39. The maximum absolute atomic E-state index is 13.9. The van der Waals surface area contributed by atoms with Gasteiger partial charge in [-0.15, -0.1) is 0 Å². The number of nitro benzene ring substituents is 1. The molecule has 7 heteroatoms. The van der Waals surface area contributed by atoms with Crippen molar-refractivity contribution in [3.8, 4) is 0 Å². The van der Waals surface area contributed by atoms with Crippen molar-refractivity contribution < 1.29 is 14.1 Å². The van der Waals surface area contributed by atoms with Gasteiger partial charge in [-0.25, -0.2) is 4.39 Å². The predicted molar refractivity (Wildman–Crippen MR) is 67.2 cm³/mol. The van der Waals surface area contributed by atoms with Gasteiger partial charge in [0.05, 0.1) is 21.1 Å². The van der Waals surface area contributed by atoms with E-state index >= 15 is 0 Å². The molecule has 1 fully saturated rings. The number of carbonyl (C=O) groups excluding carboxylic acids is 1. The molecule has 1 aromatic rings. The number of nitro groups is 1. The van der Waals surface area contributed by atoms with Crippen LogP contribution in [0.15, 0.2) is 16.6 Å². The lowest BCUT2D eigenvalue weighted by Gasteiger charge is -2.29. The van der Waals surface area contributed by atoms with Crippen LogP contribution in [-0.4, -0.2) is 23.8 Å². The fourth-order valence-corrected chi connectivity index (χ4v) is 2.61. The minimum atomic E-state index is -0.648. The van der Waals surface area contributed by atoms with E-state index in [2.05, 4.69) is 15.9 Å². The number of hydrogen-bond acceptors (Lipinski definition) is 4. The molecule has 0 unspecified atom stereocenters. The SMILES string of the molecule is O=C1CCN(c2c(F)cc([N+](=O)[O-])cc2Br)CC1. The van der Waals surface area contributed by atoms with Crippen LogP contribution in [0.25, 0.3) is 0 Å². The minimum absolute atomic E-state index is 0.157. The van der Waals surface area contributed by atoms with E-state index in [4.69, 9.17) is 0 Å². The van der Waals surface area contributed by atoms with Gasteiger partial charge in [-0.2, -0.15) is 0 Å². The summed E-state index contributed by atoms with van der Waals surface area (Å²) in [5, 5.41) is 10.6. The van der Waals surface area contributed by atoms with Crippen molar-refractivity contribution in [3.63, 3.8) is 0 Å². The van der Waals surface area contributed by atoms with E-state index in [0.29, 0.717) is 30.4 Å². The zero-order valence-electron chi connectivity index (χ0n) is 9.36. The Morgan fingerprint density at radius 1 is 1.33 bits per heavy atom. The van der Waals surface area contributed by atoms with Crippen LogP contribution in [0.4, 0.5) is 15.8 Å². The maximum atomic E-state index is 13.9. The fraction of sp³-hybridized carbons (Fsp3) is 0.364. The van der Waals surface area contributed by atoms with Crippen molar-refractivity contribution in [2.45, 2.75) is 12.8 Å². The summed E-state index contributed by atoms with van der Waals surface area (Å²) in [7, 11) is 0. The van der Waals surface area contributed by atoms with E-state index in [-0.39, 0.29) is 17.2 Å². The highest BCUT2D eigenvalue weighted by Crippen LogP contribution is 2.34. The van der Waals surface area contributed by atoms with Crippen molar-refractivity contribution in [3.05, 3.63) is 32.5 Å². The number of halogens is 2. The number of Topliss-reactive ketones (excluding diaryl/α,β-unsaturated/α-hetero) is 1. The Morgan fingerprint density at radius 3 is 2.44 bits per heavy atom. The molecule has 0 aliphatic carbocycles. The molecule has 0 radical (unpaired) electrons. The van der Waals surface area contributed by atoms with E-state index < -0.39 is 10.7 Å². The predicted octanol–water partition coefficient (Wildman–Crippen LogP) is 2.67. The first-order chi connectivity index (χ1) is 8.49. The number of non-ortho nitro benzene ring substituents is 1. The molecule has 0 atom stereocenters. The molecule has 1 heterocycles. The Hall–Kier alpha value is -1.50. The number of ketones is 1. The van der Waals surface area contributed by atoms with Gasteiger partial charge in [0.15, 0.2) is 5.82 Å². The smallest absolute Gasteiger partial charge is 0.273 e. The summed E-state index contributed by atoms with van der Waals surface area (Å²) in [6.45, 7) is 0.873. The average molecular weight is 317 g/mol. The van der Waals surface area contributed by atoms with E-state index in [1.54, 1.807) is 4.90 Å². The number of hydrogen-bond donors (Lipinski definition) is 0. The monoisotopic (exact) mass is 316 g/mol. The molecule has 96 valence electrons. The molecule has 1 saturated heterocycles. The van der Waals surface area contributed by atoms with Crippen molar-refractivity contribution in [1.82, 2.24) is 0 Å². The zero-order valence-corrected chi connectivity index (χ0v) is 10.9. The molecule has 1 aromatic carbocycles. The van der Waals surface area contributed by atoms with Gasteiger partial charge < -0.3 is 4.90 Å². The third-order valence-corrected chi connectivity index (χ3v) is 3.45. The van der Waals surface area contributed by atoms with Gasteiger partial charge in [0.25, 0.3) is 5.69 Å². The molecule has 2 rings (SSSR count). The highest BCUT2D eigenvalue weighted by molar-refractivity contribution is 9.10. The number of piperidine rings is 1. The average Bonchev–Trinajstić information content (AvgIpc) is 2.30. The molecule has 18 heavy (non-hydrogen) atoms. The molecular formula is C11H10BrFN2O3. The summed E-state index contributed by atoms with van der Waals surface area (Å²) in [5.41, 5.74) is -0.00990. The quantitative estimate of drug-likeness (QED) is 0.621. The lowest BCUT2D eigenvalue weighted by Crippen LogP contribution is -2.34. The summed E-state index contributed by atoms with van der Waals surface area (Å²) < 4.78 is 14.2. The standard InChI is InChI=1S/C11H10BrFN2O3/c12-9-5-7(15(17)18)6-10(13)11(9)14-3-1-8(16)2-4-14/h5-6H,1-4H2. The van der Waals surface area contributed by atoms with Gasteiger partial charge in [0.1, 0.15) is 5.78 Å². The lowest BCUT2D eigenvalue weighted by molar-refractivity contribution is -0.385. The van der Waals surface area contributed by atoms with Gasteiger partial charge in [-0.3, -0.25) is 14.9 Å². The van der Waals surface area contributed by atoms with Crippen LogP contribution in [0, 0.1) is 15.9 Å². The Morgan fingerprint density at radius 2 is 1.94 bits per heavy atom. The summed E-state index contributed by atoms with van der Waals surface area (Å²) >= 11 is 3.15. The molecule has 0 spiro atoms. The van der Waals surface area contributed by atoms with Gasteiger partial charge in [-0.1, -0.05) is 0 Å². The second-order valence-corrected chi connectivity index (χ2v) is 4.90. The van der Waals surface area contributed by atoms with Crippen LogP contribution < -0.4 is 4.90 Å². The topological polar surface area (TPSA) is 63.5 Å². The summed E-state index contributed by atoms with van der Waals surface area (Å²) in [5.74, 6) is -0.491. The second-order valence-electron chi connectivity index (χ2n) is 4.04. The zero-order chi connectivity index (χ0) is 13.3. The second kappa shape index (κ2) is 5.01. The molecular weight excluding hydrogens is 307 g/mol. The first-order valence-corrected chi connectivity index (χ1v) is 6.18. The fourth-order valence-electron chi connectivity index (χ4n) is 1.94. The molecule has 0 amide bonds. The largest absolute Gasteiger partial charge is 0.367 e. The van der Waals surface area contributed by atoms with Crippen LogP contribution in [0.3, 0.4) is 0 Å². The Balaban J connectivity index is 2.33. The van der Waals surface area contributed by atoms with E-state index in [1.807, 2.05) is 0 Å². The van der Waals surface area contributed by atoms with Gasteiger partial charge in [0.2, 0.25) is 0 Å². The van der Waals surface area contributed by atoms with Crippen LogP contribution in [0.1, 0.15) is 12.8 Å². The first kappa shape index (κ1) is 12.9. The van der Waals surface area contributed by atoms with Gasteiger partial charge >= 0.3 is 0 Å². The molecule has 0 aromatic heterocycles. The molecule has 0 bridgehead atoms. The third kappa shape index (κ3) is 2.50. The van der Waals surface area contributed by atoms with Crippen molar-refractivity contribution in [2.75, 3.05) is 18.0 Å². The number of anilines is 1. The van der Waals surface area contributed by atoms with Gasteiger partial charge in [0, 0.05) is 32.0 Å². The molecule has 5 nitrogen and oxygen atoms in total. The third-order valence-electron chi connectivity index (χ3n) is 2.85. The highest BCUT2D eigenvalue weighted by Gasteiger charge is 2.23. The molecule has 0 saturated carbocycles. The number of benzene rings is 1. The van der Waals surface area contributed by atoms with Gasteiger partial charge in [-0.05, 0) is 15.9 Å². The van der Waals surface area contributed by atoms with Crippen LogP contribution >= 0.6 is 15.9 Å². The normalized spacial score (nSPS) is 15.9. The number of carbonyl (C=O) groups is 1. The van der Waals surface area contributed by atoms with Crippen molar-refractivity contribution >= 4 is 33.1 Å². The lowest BCUT2D eigenvalue weighted by atomic mass is 10.1. The van der Waals surface area contributed by atoms with Crippen LogP contribution in [0.5, 0.6) is 0 Å². The van der Waals surface area contributed by atoms with E-state index in [9.17, 15) is 19.3 Å². The van der Waals surface area contributed by atoms with Crippen LogP contribution in [-0.2, 0) is 4.79 Å². The number of nitrogens with zero attached hydrogens (tertiary/aromatic N) is 2.